The number of para-hydroxylation sites is 1. The summed E-state index contributed by atoms with van der Waals surface area (Å²) in [6.07, 6.45) is 1.50. The van der Waals surface area contributed by atoms with Crippen molar-refractivity contribution >= 4 is 5.69 Å². The Morgan fingerprint density at radius 2 is 1.65 bits per heavy atom. The second kappa shape index (κ2) is 4.35. The largest absolute Gasteiger partial charge is 0.347 e. The molecule has 0 aliphatic carbocycles. The summed E-state index contributed by atoms with van der Waals surface area (Å²) in [4.78, 5) is 5.05. The van der Waals surface area contributed by atoms with Crippen LogP contribution < -0.4 is 4.90 Å². The van der Waals surface area contributed by atoms with E-state index in [-0.39, 0.29) is 0 Å². The lowest BCUT2D eigenvalue weighted by Gasteiger charge is -2.31. The second-order valence-electron chi connectivity index (χ2n) is 6.00. The Kier molecular flexibility index (Phi) is 2.61. The maximum Gasteiger partial charge on any atom is 0.0797 e. The molecule has 0 amide bonds. The summed E-state index contributed by atoms with van der Waals surface area (Å²) < 4.78 is 0. The van der Waals surface area contributed by atoms with Crippen molar-refractivity contribution < 1.29 is 0 Å². The van der Waals surface area contributed by atoms with Gasteiger partial charge in [0, 0.05) is 12.2 Å². The minimum Gasteiger partial charge on any atom is -0.347 e. The van der Waals surface area contributed by atoms with Gasteiger partial charge in [0.15, 0.2) is 0 Å². The Hall–Kier alpha value is -1.80. The fraction of sp³-hybridized carbons (Fsp3) is 0.333. The van der Waals surface area contributed by atoms with Crippen molar-refractivity contribution in [3.63, 3.8) is 0 Å². The van der Waals surface area contributed by atoms with Crippen molar-refractivity contribution in [2.45, 2.75) is 25.6 Å². The van der Waals surface area contributed by atoms with E-state index in [1.807, 2.05) is 0 Å². The number of hydrogen-bond donors (Lipinski definition) is 0. The maximum atomic E-state index is 2.60. The summed E-state index contributed by atoms with van der Waals surface area (Å²) in [5, 5.41) is 0. The lowest BCUT2D eigenvalue weighted by Crippen LogP contribution is -2.34. The topological polar surface area (TPSA) is 6.48 Å². The zero-order chi connectivity index (χ0) is 13.7. The summed E-state index contributed by atoms with van der Waals surface area (Å²) in [6.45, 7) is 3.41. The standard InChI is InChI=1S/C18H20N2/c1-13-19(2)12-18-16-9-5-3-7-14(16)11-15-8-4-6-10-17(15)20(13)18/h3-10,13,18H,11-12H2,1-2H3. The quantitative estimate of drug-likeness (QED) is 0.719. The number of likely N-dealkylation sites (N-methyl/N-ethyl adjacent to an activating group) is 1. The third-order valence-electron chi connectivity index (χ3n) is 4.90. The molecular weight excluding hydrogens is 244 g/mol. The van der Waals surface area contributed by atoms with E-state index in [1.165, 1.54) is 22.4 Å². The Labute approximate surface area is 120 Å². The van der Waals surface area contributed by atoms with Crippen LogP contribution in [0.15, 0.2) is 48.5 Å². The monoisotopic (exact) mass is 264 g/mol. The average molecular weight is 264 g/mol. The lowest BCUT2D eigenvalue weighted by atomic mass is 9.97. The Morgan fingerprint density at radius 3 is 2.50 bits per heavy atom. The van der Waals surface area contributed by atoms with Crippen LogP contribution in [0.2, 0.25) is 0 Å². The highest BCUT2D eigenvalue weighted by molar-refractivity contribution is 5.61. The molecule has 2 nitrogen and oxygen atoms in total. The maximum absolute atomic E-state index is 2.60. The molecule has 0 radical (unpaired) electrons. The summed E-state index contributed by atoms with van der Waals surface area (Å²) in [6, 6.07) is 18.3. The van der Waals surface area contributed by atoms with Crippen molar-refractivity contribution in [2.75, 3.05) is 18.5 Å². The van der Waals surface area contributed by atoms with Crippen LogP contribution in [-0.4, -0.2) is 24.7 Å². The fourth-order valence-electron chi connectivity index (χ4n) is 3.74. The van der Waals surface area contributed by atoms with Crippen molar-refractivity contribution in [1.82, 2.24) is 4.90 Å². The number of hydrogen-bond acceptors (Lipinski definition) is 2. The van der Waals surface area contributed by atoms with Gasteiger partial charge < -0.3 is 4.90 Å². The highest BCUT2D eigenvalue weighted by atomic mass is 15.4. The SMILES string of the molecule is CC1N(C)CC2c3ccccc3Cc3ccccc3N21. The lowest BCUT2D eigenvalue weighted by molar-refractivity contribution is 0.329. The molecule has 2 heterocycles. The molecule has 0 saturated carbocycles. The summed E-state index contributed by atoms with van der Waals surface area (Å²) in [7, 11) is 2.23. The first-order valence-corrected chi connectivity index (χ1v) is 7.40. The number of benzene rings is 2. The highest BCUT2D eigenvalue weighted by Crippen LogP contribution is 2.42. The third kappa shape index (κ3) is 1.61. The van der Waals surface area contributed by atoms with E-state index in [0.717, 1.165) is 13.0 Å². The molecule has 0 aromatic heterocycles. The van der Waals surface area contributed by atoms with E-state index in [2.05, 4.69) is 72.3 Å². The summed E-state index contributed by atoms with van der Waals surface area (Å²) in [5.74, 6) is 0. The molecule has 102 valence electrons. The number of rotatable bonds is 0. The van der Waals surface area contributed by atoms with Gasteiger partial charge in [-0.1, -0.05) is 42.5 Å². The summed E-state index contributed by atoms with van der Waals surface area (Å²) >= 11 is 0. The minimum absolute atomic E-state index is 0.451. The molecule has 2 aromatic rings. The first-order valence-electron chi connectivity index (χ1n) is 7.40. The van der Waals surface area contributed by atoms with Gasteiger partial charge in [-0.25, -0.2) is 0 Å². The Balaban J connectivity index is 1.96. The molecule has 0 N–H and O–H groups in total. The van der Waals surface area contributed by atoms with E-state index in [0.29, 0.717) is 12.2 Å². The highest BCUT2D eigenvalue weighted by Gasteiger charge is 2.38. The molecule has 0 spiro atoms. The average Bonchev–Trinajstić information content (AvgIpc) is 2.68. The predicted molar refractivity (Wildman–Crippen MR) is 83.0 cm³/mol. The molecule has 4 rings (SSSR count). The molecule has 1 saturated heterocycles. The molecule has 2 unspecified atom stereocenters. The Bertz CT molecular complexity index is 649. The molecule has 20 heavy (non-hydrogen) atoms. The van der Waals surface area contributed by atoms with E-state index in [4.69, 9.17) is 0 Å². The van der Waals surface area contributed by atoms with E-state index >= 15 is 0 Å². The Morgan fingerprint density at radius 1 is 0.950 bits per heavy atom. The van der Waals surface area contributed by atoms with Gasteiger partial charge in [0.25, 0.3) is 0 Å². The molecule has 0 bridgehead atoms. The van der Waals surface area contributed by atoms with Crippen LogP contribution in [0.1, 0.15) is 29.7 Å². The van der Waals surface area contributed by atoms with Gasteiger partial charge in [-0.2, -0.15) is 0 Å². The van der Waals surface area contributed by atoms with Gasteiger partial charge in [0.05, 0.1) is 12.2 Å². The first-order chi connectivity index (χ1) is 9.75. The van der Waals surface area contributed by atoms with E-state index in [1.54, 1.807) is 0 Å². The normalized spacial score (nSPS) is 24.8. The van der Waals surface area contributed by atoms with Crippen LogP contribution in [0.4, 0.5) is 5.69 Å². The zero-order valence-corrected chi connectivity index (χ0v) is 12.1. The van der Waals surface area contributed by atoms with Gasteiger partial charge in [0.1, 0.15) is 0 Å². The van der Waals surface area contributed by atoms with Crippen LogP contribution in [0, 0.1) is 0 Å². The molecule has 1 fully saturated rings. The van der Waals surface area contributed by atoms with Gasteiger partial charge in [0.2, 0.25) is 0 Å². The van der Waals surface area contributed by atoms with Crippen molar-refractivity contribution in [3.8, 4) is 0 Å². The molecule has 2 heteroatoms. The van der Waals surface area contributed by atoms with E-state index < -0.39 is 0 Å². The molecular formula is C18H20N2. The van der Waals surface area contributed by atoms with Gasteiger partial charge in [-0.05, 0) is 43.1 Å². The smallest absolute Gasteiger partial charge is 0.0797 e. The van der Waals surface area contributed by atoms with Crippen molar-refractivity contribution in [3.05, 3.63) is 65.2 Å². The molecule has 2 atom stereocenters. The minimum atomic E-state index is 0.451. The van der Waals surface area contributed by atoms with Crippen LogP contribution in [0.5, 0.6) is 0 Å². The summed E-state index contributed by atoms with van der Waals surface area (Å²) in [5.41, 5.74) is 5.84. The molecule has 2 aliphatic rings. The fourth-order valence-corrected chi connectivity index (χ4v) is 3.74. The second-order valence-corrected chi connectivity index (χ2v) is 6.00. The van der Waals surface area contributed by atoms with Crippen LogP contribution in [-0.2, 0) is 6.42 Å². The van der Waals surface area contributed by atoms with E-state index in [9.17, 15) is 0 Å². The zero-order valence-electron chi connectivity index (χ0n) is 12.1. The molecule has 2 aliphatic heterocycles. The molecule has 2 aromatic carbocycles. The number of anilines is 1. The first kappa shape index (κ1) is 12.0. The van der Waals surface area contributed by atoms with Crippen molar-refractivity contribution in [2.24, 2.45) is 0 Å². The van der Waals surface area contributed by atoms with Crippen LogP contribution in [0.3, 0.4) is 0 Å². The van der Waals surface area contributed by atoms with Crippen LogP contribution >= 0.6 is 0 Å². The van der Waals surface area contributed by atoms with Gasteiger partial charge in [-0.3, -0.25) is 4.90 Å². The number of fused-ring (bicyclic) bond motifs is 5. The predicted octanol–water partition coefficient (Wildman–Crippen LogP) is 3.43. The van der Waals surface area contributed by atoms with Gasteiger partial charge in [-0.15, -0.1) is 0 Å². The van der Waals surface area contributed by atoms with Gasteiger partial charge >= 0.3 is 0 Å². The van der Waals surface area contributed by atoms with Crippen LogP contribution in [0.25, 0.3) is 0 Å². The van der Waals surface area contributed by atoms with Crippen molar-refractivity contribution in [1.29, 1.82) is 0 Å². The third-order valence-corrected chi connectivity index (χ3v) is 4.90. The number of nitrogens with zero attached hydrogens (tertiary/aromatic N) is 2.